The molecular formula is C17H11N5O3S3. The number of fused-ring (bicyclic) bond motifs is 2. The maximum atomic E-state index is 12.3. The summed E-state index contributed by atoms with van der Waals surface area (Å²) in [5.74, 6) is -0.232. The number of aromatic nitrogens is 3. The van der Waals surface area contributed by atoms with Gasteiger partial charge in [-0.1, -0.05) is 23.5 Å². The Bertz CT molecular complexity index is 1390. The number of carbonyl (C=O) groups is 1. The van der Waals surface area contributed by atoms with Gasteiger partial charge in [-0.15, -0.1) is 23.1 Å². The van der Waals surface area contributed by atoms with Gasteiger partial charge in [-0.2, -0.15) is 5.26 Å². The van der Waals surface area contributed by atoms with E-state index in [1.165, 1.54) is 11.3 Å². The van der Waals surface area contributed by atoms with E-state index < -0.39 is 11.2 Å². The molecule has 28 heavy (non-hydrogen) atoms. The number of nitrogens with one attached hydrogen (secondary N) is 3. The summed E-state index contributed by atoms with van der Waals surface area (Å²) in [6.07, 6.45) is 0. The number of para-hydroxylation sites is 1. The number of nitrogens with zero attached hydrogens (tertiary/aromatic N) is 2. The van der Waals surface area contributed by atoms with Crippen LogP contribution in [0.15, 0.2) is 32.0 Å². The molecule has 0 atom stereocenters. The third-order valence-corrected chi connectivity index (χ3v) is 7.26. The summed E-state index contributed by atoms with van der Waals surface area (Å²) in [6.45, 7) is 1.96. The number of thiophene rings is 1. The van der Waals surface area contributed by atoms with Gasteiger partial charge in [0, 0.05) is 0 Å². The zero-order valence-electron chi connectivity index (χ0n) is 14.3. The molecule has 3 heterocycles. The van der Waals surface area contributed by atoms with Crippen molar-refractivity contribution in [3.8, 4) is 6.07 Å². The summed E-state index contributed by atoms with van der Waals surface area (Å²) in [4.78, 5) is 44.7. The van der Waals surface area contributed by atoms with E-state index in [4.69, 9.17) is 0 Å². The molecule has 8 nitrogen and oxygen atoms in total. The van der Waals surface area contributed by atoms with Crippen molar-refractivity contribution in [2.24, 2.45) is 0 Å². The number of benzene rings is 1. The molecule has 0 aliphatic carbocycles. The molecule has 0 aliphatic rings. The maximum Gasteiger partial charge on any atom is 0.326 e. The lowest BCUT2D eigenvalue weighted by Crippen LogP contribution is -2.20. The minimum atomic E-state index is -0.674. The van der Waals surface area contributed by atoms with E-state index in [1.54, 1.807) is 0 Å². The van der Waals surface area contributed by atoms with Crippen molar-refractivity contribution in [2.75, 3.05) is 11.1 Å². The molecule has 1 amide bonds. The fourth-order valence-corrected chi connectivity index (χ4v) is 5.71. The van der Waals surface area contributed by atoms with Crippen molar-refractivity contribution >= 4 is 65.9 Å². The summed E-state index contributed by atoms with van der Waals surface area (Å²) >= 11 is 3.60. The van der Waals surface area contributed by atoms with Crippen LogP contribution in [-0.2, 0) is 4.79 Å². The maximum absolute atomic E-state index is 12.3. The highest BCUT2D eigenvalue weighted by atomic mass is 32.2. The van der Waals surface area contributed by atoms with Gasteiger partial charge in [0.25, 0.3) is 5.56 Å². The van der Waals surface area contributed by atoms with Crippen molar-refractivity contribution in [1.82, 2.24) is 15.0 Å². The van der Waals surface area contributed by atoms with Crippen LogP contribution < -0.4 is 16.6 Å². The van der Waals surface area contributed by atoms with Crippen LogP contribution in [0.1, 0.15) is 11.1 Å². The molecule has 0 bridgehead atoms. The molecule has 140 valence electrons. The number of aromatic amines is 2. The molecule has 0 aliphatic heterocycles. The lowest BCUT2D eigenvalue weighted by atomic mass is 10.2. The van der Waals surface area contributed by atoms with Crippen molar-refractivity contribution in [3.63, 3.8) is 0 Å². The first-order chi connectivity index (χ1) is 13.5. The first-order valence-corrected chi connectivity index (χ1v) is 10.6. The van der Waals surface area contributed by atoms with E-state index in [9.17, 15) is 19.6 Å². The molecule has 11 heteroatoms. The largest absolute Gasteiger partial charge is 0.326 e. The van der Waals surface area contributed by atoms with Crippen molar-refractivity contribution in [3.05, 3.63) is 50.2 Å². The van der Waals surface area contributed by atoms with Crippen LogP contribution in [0.25, 0.3) is 20.4 Å². The lowest BCUT2D eigenvalue weighted by Gasteiger charge is -2.00. The molecule has 0 fully saturated rings. The van der Waals surface area contributed by atoms with E-state index in [1.807, 2.05) is 31.2 Å². The summed E-state index contributed by atoms with van der Waals surface area (Å²) < 4.78 is 1.74. The van der Waals surface area contributed by atoms with Gasteiger partial charge < -0.3 is 10.3 Å². The van der Waals surface area contributed by atoms with Crippen LogP contribution in [0.4, 0.5) is 5.13 Å². The number of carbonyl (C=O) groups excluding carboxylic acids is 1. The smallest absolute Gasteiger partial charge is 0.305 e. The number of aryl methyl sites for hydroxylation is 1. The van der Waals surface area contributed by atoms with Crippen LogP contribution in [0.2, 0.25) is 0 Å². The predicted octanol–water partition coefficient (Wildman–Crippen LogP) is 2.80. The number of thiazole rings is 1. The Morgan fingerprint density at radius 2 is 2.14 bits per heavy atom. The van der Waals surface area contributed by atoms with Crippen molar-refractivity contribution in [2.45, 2.75) is 11.1 Å². The van der Waals surface area contributed by atoms with Gasteiger partial charge >= 0.3 is 5.69 Å². The number of hydrogen-bond acceptors (Lipinski definition) is 8. The number of rotatable bonds is 4. The van der Waals surface area contributed by atoms with Crippen LogP contribution in [0, 0.1) is 18.3 Å². The van der Waals surface area contributed by atoms with E-state index >= 15 is 0 Å². The fourth-order valence-electron chi connectivity index (χ4n) is 2.62. The standard InChI is InChI=1S/C17H11N5O3S3/c1-7-3-2-4-9-11(7)21-17(27-9)19-10(23)6-26-15-8(5-18)12-13(28-15)14(24)22-16(25)20-12/h2-4H,6H2,1H3,(H,19,21,23)(H2,20,22,24,25). The summed E-state index contributed by atoms with van der Waals surface area (Å²) in [5, 5.41) is 12.7. The van der Waals surface area contributed by atoms with E-state index in [0.717, 1.165) is 38.9 Å². The quantitative estimate of drug-likeness (QED) is 0.428. The van der Waals surface area contributed by atoms with Crippen LogP contribution in [-0.4, -0.2) is 26.6 Å². The van der Waals surface area contributed by atoms with Crippen LogP contribution in [0.5, 0.6) is 0 Å². The average molecular weight is 430 g/mol. The summed E-state index contributed by atoms with van der Waals surface area (Å²) in [7, 11) is 0. The number of hydrogen-bond donors (Lipinski definition) is 3. The lowest BCUT2D eigenvalue weighted by molar-refractivity contribution is -0.113. The molecule has 0 saturated heterocycles. The minimum absolute atomic E-state index is 0.0402. The Hall–Kier alpha value is -2.94. The van der Waals surface area contributed by atoms with Gasteiger partial charge in [-0.25, -0.2) is 9.78 Å². The zero-order valence-corrected chi connectivity index (χ0v) is 16.7. The van der Waals surface area contributed by atoms with Gasteiger partial charge in [-0.05, 0) is 18.6 Å². The molecule has 3 aromatic heterocycles. The first-order valence-electron chi connectivity index (χ1n) is 7.94. The highest BCUT2D eigenvalue weighted by Gasteiger charge is 2.18. The summed E-state index contributed by atoms with van der Waals surface area (Å²) in [6, 6.07) is 7.84. The van der Waals surface area contributed by atoms with E-state index in [2.05, 4.69) is 20.3 Å². The predicted molar refractivity (Wildman–Crippen MR) is 111 cm³/mol. The van der Waals surface area contributed by atoms with Crippen LogP contribution >= 0.6 is 34.4 Å². The van der Waals surface area contributed by atoms with Gasteiger partial charge in [-0.3, -0.25) is 14.6 Å². The van der Waals surface area contributed by atoms with Gasteiger partial charge in [0.05, 0.1) is 25.7 Å². The first kappa shape index (κ1) is 18.4. The van der Waals surface area contributed by atoms with E-state index in [-0.39, 0.29) is 27.4 Å². The Morgan fingerprint density at radius 1 is 1.32 bits per heavy atom. The molecule has 1 aromatic carbocycles. The highest BCUT2D eigenvalue weighted by Crippen LogP contribution is 2.35. The molecule has 3 N–H and O–H groups in total. The second-order valence-corrected chi connectivity index (χ2v) is 9.06. The Morgan fingerprint density at radius 3 is 2.89 bits per heavy atom. The molecule has 4 rings (SSSR count). The highest BCUT2D eigenvalue weighted by molar-refractivity contribution is 8.02. The molecule has 0 unspecified atom stereocenters. The monoisotopic (exact) mass is 429 g/mol. The number of nitriles is 1. The Balaban J connectivity index is 1.54. The normalized spacial score (nSPS) is 11.0. The minimum Gasteiger partial charge on any atom is -0.305 e. The molecule has 0 radical (unpaired) electrons. The molecule has 4 aromatic rings. The van der Waals surface area contributed by atoms with Crippen LogP contribution in [0.3, 0.4) is 0 Å². The third kappa shape index (κ3) is 3.33. The Labute approximate surface area is 169 Å². The van der Waals surface area contributed by atoms with E-state index in [0.29, 0.717) is 9.34 Å². The topological polar surface area (TPSA) is 132 Å². The summed E-state index contributed by atoms with van der Waals surface area (Å²) in [5.41, 5.74) is 1.05. The number of thioether (sulfide) groups is 1. The third-order valence-electron chi connectivity index (χ3n) is 3.86. The molecular weight excluding hydrogens is 418 g/mol. The average Bonchev–Trinajstić information content (AvgIpc) is 3.21. The van der Waals surface area contributed by atoms with Gasteiger partial charge in [0.1, 0.15) is 16.3 Å². The zero-order chi connectivity index (χ0) is 19.8. The second kappa shape index (κ2) is 7.23. The second-order valence-electron chi connectivity index (χ2n) is 5.77. The van der Waals surface area contributed by atoms with Crippen molar-refractivity contribution < 1.29 is 4.79 Å². The number of H-pyrrole nitrogens is 2. The van der Waals surface area contributed by atoms with Gasteiger partial charge in [0.2, 0.25) is 5.91 Å². The van der Waals surface area contributed by atoms with Gasteiger partial charge in [0.15, 0.2) is 5.13 Å². The number of anilines is 1. The number of amides is 1. The molecule has 0 spiro atoms. The fraction of sp³-hybridized carbons (Fsp3) is 0.118. The molecule has 0 saturated carbocycles. The SMILES string of the molecule is Cc1cccc2sc(NC(=O)CSc3sc4c(=O)[nH]c(=O)[nH]c4c3C#N)nc12. The Kier molecular flexibility index (Phi) is 4.76. The van der Waals surface area contributed by atoms with Crippen molar-refractivity contribution in [1.29, 1.82) is 5.26 Å².